The fraction of sp³-hybridized carbons (Fsp3) is 0.481. The van der Waals surface area contributed by atoms with Gasteiger partial charge >= 0.3 is 0 Å². The van der Waals surface area contributed by atoms with Crippen molar-refractivity contribution in [2.45, 2.75) is 46.0 Å². The molecule has 1 aromatic heterocycles. The molecule has 0 spiro atoms. The summed E-state index contributed by atoms with van der Waals surface area (Å²) >= 11 is 1.61. The van der Waals surface area contributed by atoms with Crippen molar-refractivity contribution in [3.8, 4) is 0 Å². The second-order valence-electron chi connectivity index (χ2n) is 9.71. The molecule has 0 N–H and O–H groups in total. The number of thiazole rings is 1. The SMILES string of the molecule is CCc1cccc2sc(N(CCCN3CCOCC3)C(=O)c3ccc(C(C)(C)C)cc3)nc12. The Hall–Kier alpha value is -2.28. The van der Waals surface area contributed by atoms with E-state index in [4.69, 9.17) is 9.72 Å². The first-order valence-electron chi connectivity index (χ1n) is 12.0. The highest BCUT2D eigenvalue weighted by atomic mass is 32.1. The Balaban J connectivity index is 1.60. The van der Waals surface area contributed by atoms with E-state index in [1.165, 1.54) is 11.1 Å². The van der Waals surface area contributed by atoms with Crippen molar-refractivity contribution in [1.29, 1.82) is 0 Å². The standard InChI is InChI=1S/C27H35N3O2S/c1-5-20-8-6-9-23-24(20)28-26(33-23)30(15-7-14-29-16-18-32-19-17-29)25(31)21-10-12-22(13-11-21)27(2,3)4/h6,8-13H,5,7,14-19H2,1-4H3. The summed E-state index contributed by atoms with van der Waals surface area (Å²) in [5, 5.41) is 0.790. The highest BCUT2D eigenvalue weighted by Gasteiger charge is 2.23. The summed E-state index contributed by atoms with van der Waals surface area (Å²) in [6.45, 7) is 13.8. The van der Waals surface area contributed by atoms with Crippen molar-refractivity contribution in [2.75, 3.05) is 44.3 Å². The molecule has 0 radical (unpaired) electrons. The maximum atomic E-state index is 13.7. The molecule has 3 aromatic rings. The smallest absolute Gasteiger partial charge is 0.260 e. The zero-order chi connectivity index (χ0) is 23.4. The third-order valence-corrected chi connectivity index (χ3v) is 7.35. The van der Waals surface area contributed by atoms with E-state index >= 15 is 0 Å². The number of hydrogen-bond acceptors (Lipinski definition) is 5. The van der Waals surface area contributed by atoms with Crippen LogP contribution in [0.1, 0.15) is 55.6 Å². The number of nitrogens with zero attached hydrogens (tertiary/aromatic N) is 3. The summed E-state index contributed by atoms with van der Waals surface area (Å²) in [7, 11) is 0. The molecule has 1 fully saturated rings. The van der Waals surface area contributed by atoms with Gasteiger partial charge in [-0.05, 0) is 47.6 Å². The molecule has 1 aliphatic heterocycles. The number of carbonyl (C=O) groups is 1. The molecule has 176 valence electrons. The Bertz CT molecular complexity index is 1080. The number of para-hydroxylation sites is 1. The van der Waals surface area contributed by atoms with Gasteiger partial charge < -0.3 is 4.74 Å². The minimum Gasteiger partial charge on any atom is -0.379 e. The Labute approximate surface area is 201 Å². The molecule has 1 aliphatic rings. The Morgan fingerprint density at radius 1 is 1.12 bits per heavy atom. The first-order valence-corrected chi connectivity index (χ1v) is 12.8. The van der Waals surface area contributed by atoms with Crippen molar-refractivity contribution in [2.24, 2.45) is 0 Å². The average Bonchev–Trinajstić information content (AvgIpc) is 3.26. The van der Waals surface area contributed by atoms with E-state index in [-0.39, 0.29) is 11.3 Å². The first kappa shape index (κ1) is 23.9. The van der Waals surface area contributed by atoms with Gasteiger partial charge in [-0.1, -0.05) is 63.3 Å². The van der Waals surface area contributed by atoms with Crippen molar-refractivity contribution in [3.63, 3.8) is 0 Å². The van der Waals surface area contributed by atoms with E-state index in [1.807, 2.05) is 17.0 Å². The maximum Gasteiger partial charge on any atom is 0.260 e. The second-order valence-corrected chi connectivity index (χ2v) is 10.7. The third-order valence-electron chi connectivity index (χ3n) is 6.31. The van der Waals surface area contributed by atoms with Crippen LogP contribution in [0.3, 0.4) is 0 Å². The van der Waals surface area contributed by atoms with Gasteiger partial charge in [0.05, 0.1) is 23.4 Å². The van der Waals surface area contributed by atoms with Crippen LogP contribution in [-0.4, -0.2) is 55.2 Å². The van der Waals surface area contributed by atoms with Gasteiger partial charge in [-0.15, -0.1) is 0 Å². The normalized spacial score (nSPS) is 15.2. The van der Waals surface area contributed by atoms with Crippen LogP contribution >= 0.6 is 11.3 Å². The van der Waals surface area contributed by atoms with Crippen LogP contribution in [-0.2, 0) is 16.6 Å². The molecule has 5 nitrogen and oxygen atoms in total. The molecular formula is C27H35N3O2S. The van der Waals surface area contributed by atoms with Crippen LogP contribution in [0.2, 0.25) is 0 Å². The molecule has 0 saturated carbocycles. The lowest BCUT2D eigenvalue weighted by molar-refractivity contribution is 0.0376. The fourth-order valence-corrected chi connectivity index (χ4v) is 5.26. The number of amides is 1. The molecule has 2 aromatic carbocycles. The van der Waals surface area contributed by atoms with Gasteiger partial charge in [0.2, 0.25) is 0 Å². The summed E-state index contributed by atoms with van der Waals surface area (Å²) < 4.78 is 6.60. The Kier molecular flexibility index (Phi) is 7.47. The lowest BCUT2D eigenvalue weighted by atomic mass is 9.86. The van der Waals surface area contributed by atoms with Gasteiger partial charge in [-0.25, -0.2) is 4.98 Å². The van der Waals surface area contributed by atoms with E-state index in [0.29, 0.717) is 12.1 Å². The van der Waals surface area contributed by atoms with Gasteiger partial charge in [-0.3, -0.25) is 14.6 Å². The topological polar surface area (TPSA) is 45.7 Å². The molecule has 2 heterocycles. The van der Waals surface area contributed by atoms with E-state index in [1.54, 1.807) is 11.3 Å². The van der Waals surface area contributed by atoms with E-state index < -0.39 is 0 Å². The van der Waals surface area contributed by atoms with Crippen molar-refractivity contribution in [1.82, 2.24) is 9.88 Å². The van der Waals surface area contributed by atoms with E-state index in [9.17, 15) is 4.79 Å². The molecule has 0 bridgehead atoms. The van der Waals surface area contributed by atoms with Gasteiger partial charge in [-0.2, -0.15) is 0 Å². The number of benzene rings is 2. The summed E-state index contributed by atoms with van der Waals surface area (Å²) in [6, 6.07) is 14.4. The van der Waals surface area contributed by atoms with Crippen LogP contribution in [0.5, 0.6) is 0 Å². The van der Waals surface area contributed by atoms with Crippen LogP contribution < -0.4 is 4.90 Å². The minimum atomic E-state index is 0.0227. The molecule has 1 amide bonds. The summed E-state index contributed by atoms with van der Waals surface area (Å²) in [5.74, 6) is 0.0227. The number of aryl methyl sites for hydroxylation is 1. The molecule has 33 heavy (non-hydrogen) atoms. The molecular weight excluding hydrogens is 430 g/mol. The lowest BCUT2D eigenvalue weighted by Gasteiger charge is -2.28. The van der Waals surface area contributed by atoms with Gasteiger partial charge in [0.1, 0.15) is 0 Å². The Morgan fingerprint density at radius 2 is 1.85 bits per heavy atom. The Morgan fingerprint density at radius 3 is 2.52 bits per heavy atom. The highest BCUT2D eigenvalue weighted by Crippen LogP contribution is 2.32. The van der Waals surface area contributed by atoms with Crippen LogP contribution in [0.15, 0.2) is 42.5 Å². The highest BCUT2D eigenvalue weighted by molar-refractivity contribution is 7.22. The predicted octanol–water partition coefficient (Wildman–Crippen LogP) is 5.53. The van der Waals surface area contributed by atoms with Crippen LogP contribution in [0, 0.1) is 0 Å². The number of anilines is 1. The molecule has 6 heteroatoms. The minimum absolute atomic E-state index is 0.0227. The van der Waals surface area contributed by atoms with Crippen LogP contribution in [0.25, 0.3) is 10.2 Å². The van der Waals surface area contributed by atoms with E-state index in [0.717, 1.165) is 61.0 Å². The molecule has 0 aliphatic carbocycles. The van der Waals surface area contributed by atoms with Crippen molar-refractivity contribution in [3.05, 3.63) is 59.2 Å². The fourth-order valence-electron chi connectivity index (χ4n) is 4.22. The van der Waals surface area contributed by atoms with Crippen LogP contribution in [0.4, 0.5) is 5.13 Å². The zero-order valence-corrected chi connectivity index (χ0v) is 21.1. The first-order chi connectivity index (χ1) is 15.9. The summed E-state index contributed by atoms with van der Waals surface area (Å²) in [6.07, 6.45) is 1.84. The van der Waals surface area contributed by atoms with Gasteiger partial charge in [0.15, 0.2) is 5.13 Å². The zero-order valence-electron chi connectivity index (χ0n) is 20.3. The maximum absolute atomic E-state index is 13.7. The molecule has 0 atom stereocenters. The van der Waals surface area contributed by atoms with Gasteiger partial charge in [0, 0.05) is 31.7 Å². The average molecular weight is 466 g/mol. The number of rotatable bonds is 7. The molecule has 1 saturated heterocycles. The number of ether oxygens (including phenoxy) is 1. The number of morpholine rings is 1. The number of fused-ring (bicyclic) bond motifs is 1. The van der Waals surface area contributed by atoms with Gasteiger partial charge in [0.25, 0.3) is 5.91 Å². The number of carbonyl (C=O) groups excluding carboxylic acids is 1. The lowest BCUT2D eigenvalue weighted by Crippen LogP contribution is -2.39. The quantitative estimate of drug-likeness (QED) is 0.461. The molecule has 4 rings (SSSR count). The third kappa shape index (κ3) is 5.62. The van der Waals surface area contributed by atoms with Crippen molar-refractivity contribution >= 4 is 32.6 Å². The van der Waals surface area contributed by atoms with E-state index in [2.05, 4.69) is 62.9 Å². The largest absolute Gasteiger partial charge is 0.379 e. The summed E-state index contributed by atoms with van der Waals surface area (Å²) in [4.78, 5) is 22.9. The molecule has 0 unspecified atom stereocenters. The van der Waals surface area contributed by atoms with Crippen molar-refractivity contribution < 1.29 is 9.53 Å². The predicted molar refractivity (Wildman–Crippen MR) is 138 cm³/mol. The summed E-state index contributed by atoms with van der Waals surface area (Å²) in [5.41, 5.74) is 4.25. The monoisotopic (exact) mass is 465 g/mol. The second kappa shape index (κ2) is 10.3. The number of hydrogen-bond donors (Lipinski definition) is 0. The number of aromatic nitrogens is 1.